The lowest BCUT2D eigenvalue weighted by Gasteiger charge is -2.06. The maximum absolute atomic E-state index is 10.9. The highest BCUT2D eigenvalue weighted by Gasteiger charge is 2.20. The van der Waals surface area contributed by atoms with Crippen LogP contribution >= 0.6 is 22.6 Å². The van der Waals surface area contributed by atoms with Crippen molar-refractivity contribution in [2.45, 2.75) is 0 Å². The van der Waals surface area contributed by atoms with Gasteiger partial charge in [-0.05, 0) is 46.9 Å². The van der Waals surface area contributed by atoms with Gasteiger partial charge in [-0.3, -0.25) is 10.1 Å². The predicted molar refractivity (Wildman–Crippen MR) is 77.1 cm³/mol. The fourth-order valence-electron chi connectivity index (χ4n) is 1.41. The second-order valence-electron chi connectivity index (χ2n) is 3.64. The Morgan fingerprint density at radius 2 is 2.10 bits per heavy atom. The summed E-state index contributed by atoms with van der Waals surface area (Å²) in [5.41, 5.74) is -0.718. The molecule has 0 amide bonds. The second-order valence-corrected chi connectivity index (χ2v) is 4.89. The van der Waals surface area contributed by atoms with Crippen molar-refractivity contribution in [3.05, 3.63) is 55.8 Å². The Bertz CT molecular complexity index is 689. The first-order chi connectivity index (χ1) is 9.47. The van der Waals surface area contributed by atoms with Crippen LogP contribution in [0.1, 0.15) is 10.5 Å². The summed E-state index contributed by atoms with van der Waals surface area (Å²) in [7, 11) is 0. The number of aromatic nitrogens is 1. The molecule has 0 bridgehead atoms. The molecule has 2 aromatic rings. The van der Waals surface area contributed by atoms with E-state index in [9.17, 15) is 14.9 Å². The van der Waals surface area contributed by atoms with E-state index in [1.165, 1.54) is 0 Å². The predicted octanol–water partition coefficient (Wildman–Crippen LogP) is 3.08. The quantitative estimate of drug-likeness (QED) is 0.492. The second kappa shape index (κ2) is 5.82. The van der Waals surface area contributed by atoms with Crippen LogP contribution in [0.2, 0.25) is 0 Å². The minimum atomic E-state index is -1.28. The highest BCUT2D eigenvalue weighted by molar-refractivity contribution is 14.1. The summed E-state index contributed by atoms with van der Waals surface area (Å²) >= 11 is 2.06. The SMILES string of the molecule is O=C(O)c1ccc([N+](=O)[O-])c(Oc2cccc(I)c2)n1. The number of nitro groups is 1. The first kappa shape index (κ1) is 14.2. The van der Waals surface area contributed by atoms with Crippen LogP contribution in [0.4, 0.5) is 5.69 Å². The van der Waals surface area contributed by atoms with Gasteiger partial charge in [0.25, 0.3) is 5.88 Å². The first-order valence-corrected chi connectivity index (χ1v) is 6.37. The maximum Gasteiger partial charge on any atom is 0.354 e. The Hall–Kier alpha value is -2.23. The average Bonchev–Trinajstić information content (AvgIpc) is 2.38. The Kier molecular flexibility index (Phi) is 4.13. The van der Waals surface area contributed by atoms with Gasteiger partial charge >= 0.3 is 11.7 Å². The fourth-order valence-corrected chi connectivity index (χ4v) is 1.92. The molecule has 2 rings (SSSR count). The number of benzene rings is 1. The molecule has 0 unspecified atom stereocenters. The molecule has 0 radical (unpaired) electrons. The molecule has 0 atom stereocenters. The summed E-state index contributed by atoms with van der Waals surface area (Å²) < 4.78 is 6.19. The molecule has 102 valence electrons. The molecule has 0 aliphatic carbocycles. The number of hydrogen-bond acceptors (Lipinski definition) is 5. The van der Waals surface area contributed by atoms with E-state index in [0.29, 0.717) is 5.75 Å². The maximum atomic E-state index is 10.9. The van der Waals surface area contributed by atoms with Gasteiger partial charge in [0.05, 0.1) is 4.92 Å². The van der Waals surface area contributed by atoms with E-state index in [1.807, 2.05) is 6.07 Å². The molecule has 7 nitrogen and oxygen atoms in total. The van der Waals surface area contributed by atoms with Crippen molar-refractivity contribution in [1.82, 2.24) is 4.98 Å². The van der Waals surface area contributed by atoms with E-state index >= 15 is 0 Å². The third kappa shape index (κ3) is 3.20. The van der Waals surface area contributed by atoms with Crippen LogP contribution in [0.3, 0.4) is 0 Å². The van der Waals surface area contributed by atoms with Crippen LogP contribution in [-0.4, -0.2) is 21.0 Å². The summed E-state index contributed by atoms with van der Waals surface area (Å²) in [6, 6.07) is 8.90. The molecular formula is C12H7IN2O5. The number of ether oxygens (including phenoxy) is 1. The number of carbonyl (C=O) groups is 1. The molecule has 0 fully saturated rings. The number of halogens is 1. The van der Waals surface area contributed by atoms with Crippen LogP contribution in [0, 0.1) is 13.7 Å². The van der Waals surface area contributed by atoms with Crippen molar-refractivity contribution in [3.63, 3.8) is 0 Å². The van der Waals surface area contributed by atoms with Gasteiger partial charge in [0, 0.05) is 9.64 Å². The number of rotatable bonds is 4. The number of hydrogen-bond donors (Lipinski definition) is 1. The lowest BCUT2D eigenvalue weighted by atomic mass is 10.3. The molecule has 0 saturated heterocycles. The van der Waals surface area contributed by atoms with E-state index in [4.69, 9.17) is 9.84 Å². The zero-order valence-electron chi connectivity index (χ0n) is 9.82. The Morgan fingerprint density at radius 3 is 2.70 bits per heavy atom. The van der Waals surface area contributed by atoms with Gasteiger partial charge in [0.15, 0.2) is 5.69 Å². The van der Waals surface area contributed by atoms with E-state index in [2.05, 4.69) is 27.6 Å². The number of carboxylic acids is 1. The van der Waals surface area contributed by atoms with Crippen molar-refractivity contribution in [2.75, 3.05) is 0 Å². The minimum Gasteiger partial charge on any atom is -0.477 e. The third-order valence-corrected chi connectivity index (χ3v) is 2.94. The average molecular weight is 386 g/mol. The van der Waals surface area contributed by atoms with Gasteiger partial charge in [0.1, 0.15) is 5.75 Å². The van der Waals surface area contributed by atoms with Crippen molar-refractivity contribution >= 4 is 34.2 Å². The van der Waals surface area contributed by atoms with Gasteiger partial charge < -0.3 is 9.84 Å². The summed E-state index contributed by atoms with van der Waals surface area (Å²) in [5, 5.41) is 19.8. The van der Waals surface area contributed by atoms with Gasteiger partial charge in [-0.25, -0.2) is 4.79 Å². The molecule has 1 N–H and O–H groups in total. The Labute approximate surface area is 126 Å². The number of pyridine rings is 1. The van der Waals surface area contributed by atoms with Crippen LogP contribution in [0.25, 0.3) is 0 Å². The standard InChI is InChI=1S/C12H7IN2O5/c13-7-2-1-3-8(6-7)20-11-10(15(18)19)5-4-9(14-11)12(16)17/h1-6H,(H,16,17). The normalized spacial score (nSPS) is 10.1. The monoisotopic (exact) mass is 386 g/mol. The lowest BCUT2D eigenvalue weighted by molar-refractivity contribution is -0.386. The number of aromatic carboxylic acids is 1. The molecule has 1 heterocycles. The van der Waals surface area contributed by atoms with Crippen LogP contribution < -0.4 is 4.74 Å². The summed E-state index contributed by atoms with van der Waals surface area (Å²) in [4.78, 5) is 24.7. The summed E-state index contributed by atoms with van der Waals surface area (Å²) in [6.07, 6.45) is 0. The molecular weight excluding hydrogens is 379 g/mol. The first-order valence-electron chi connectivity index (χ1n) is 5.29. The van der Waals surface area contributed by atoms with Crippen LogP contribution in [-0.2, 0) is 0 Å². The molecule has 20 heavy (non-hydrogen) atoms. The largest absolute Gasteiger partial charge is 0.477 e. The Balaban J connectivity index is 2.44. The smallest absolute Gasteiger partial charge is 0.354 e. The van der Waals surface area contributed by atoms with Crippen molar-refractivity contribution in [2.24, 2.45) is 0 Å². The van der Waals surface area contributed by atoms with Gasteiger partial charge in [-0.15, -0.1) is 0 Å². The molecule has 0 aliphatic heterocycles. The summed E-state index contributed by atoms with van der Waals surface area (Å²) in [5.74, 6) is -1.29. The van der Waals surface area contributed by atoms with E-state index < -0.39 is 16.6 Å². The highest BCUT2D eigenvalue weighted by atomic mass is 127. The third-order valence-electron chi connectivity index (χ3n) is 2.27. The van der Waals surface area contributed by atoms with E-state index in [1.54, 1.807) is 18.2 Å². The van der Waals surface area contributed by atoms with Gasteiger partial charge in [-0.2, -0.15) is 4.98 Å². The van der Waals surface area contributed by atoms with Crippen molar-refractivity contribution in [3.8, 4) is 11.6 Å². The highest BCUT2D eigenvalue weighted by Crippen LogP contribution is 2.30. The van der Waals surface area contributed by atoms with E-state index in [0.717, 1.165) is 15.7 Å². The van der Waals surface area contributed by atoms with E-state index in [-0.39, 0.29) is 11.6 Å². The zero-order valence-corrected chi connectivity index (χ0v) is 12.0. The molecule has 1 aromatic heterocycles. The van der Waals surface area contributed by atoms with Crippen molar-refractivity contribution in [1.29, 1.82) is 0 Å². The Morgan fingerprint density at radius 1 is 1.35 bits per heavy atom. The molecule has 0 aliphatic rings. The van der Waals surface area contributed by atoms with Gasteiger partial charge in [0.2, 0.25) is 0 Å². The van der Waals surface area contributed by atoms with Crippen LogP contribution in [0.5, 0.6) is 11.6 Å². The lowest BCUT2D eigenvalue weighted by Crippen LogP contribution is -2.03. The topological polar surface area (TPSA) is 103 Å². The summed E-state index contributed by atoms with van der Waals surface area (Å²) in [6.45, 7) is 0. The fraction of sp³-hybridized carbons (Fsp3) is 0. The zero-order chi connectivity index (χ0) is 14.7. The molecule has 0 spiro atoms. The molecule has 8 heteroatoms. The van der Waals surface area contributed by atoms with Crippen LogP contribution in [0.15, 0.2) is 36.4 Å². The number of carboxylic acid groups (broad SMARTS) is 1. The molecule has 0 saturated carbocycles. The van der Waals surface area contributed by atoms with Crippen molar-refractivity contribution < 1.29 is 19.6 Å². The molecule has 1 aromatic carbocycles. The minimum absolute atomic E-state index is 0.323. The number of nitrogens with zero attached hydrogens (tertiary/aromatic N) is 2. The van der Waals surface area contributed by atoms with Gasteiger partial charge in [-0.1, -0.05) is 6.07 Å².